The fraction of sp³-hybridized carbons (Fsp3) is 0.611. The Balaban J connectivity index is -0.000000306. The summed E-state index contributed by atoms with van der Waals surface area (Å²) in [6.45, 7) is 9.83. The summed E-state index contributed by atoms with van der Waals surface area (Å²) in [4.78, 5) is 10.5. The average Bonchev–Trinajstić information content (AvgIpc) is 2.67. The summed E-state index contributed by atoms with van der Waals surface area (Å²) in [5.74, 6) is 0.750. The number of carbonyl (C=O) groups is 1. The van der Waals surface area contributed by atoms with Crippen LogP contribution < -0.4 is 34.8 Å². The van der Waals surface area contributed by atoms with Crippen molar-refractivity contribution < 1.29 is 52.9 Å². The molecule has 0 spiro atoms. The second kappa shape index (κ2) is 18.3. The van der Waals surface area contributed by atoms with Gasteiger partial charge < -0.3 is 14.3 Å². The molecule has 8 heteroatoms. The Hall–Kier alpha value is -0.0200. The van der Waals surface area contributed by atoms with Crippen LogP contribution in [-0.2, 0) is 33.8 Å². The third kappa shape index (κ3) is 16.2. The topological polar surface area (TPSA) is 75.7 Å². The van der Waals surface area contributed by atoms with Crippen LogP contribution in [-0.4, -0.2) is 23.0 Å². The molecule has 0 aliphatic carbocycles. The molecule has 0 bridgehead atoms. The van der Waals surface area contributed by atoms with Crippen LogP contribution in [0.3, 0.4) is 0 Å². The molecule has 0 aromatic heterocycles. The van der Waals surface area contributed by atoms with Gasteiger partial charge in [0.25, 0.3) is 0 Å². The summed E-state index contributed by atoms with van der Waals surface area (Å²) in [6.07, 6.45) is 2.08. The minimum atomic E-state index is -2.88. The molecule has 3 atom stereocenters. The third-order valence-corrected chi connectivity index (χ3v) is 5.44. The van der Waals surface area contributed by atoms with Gasteiger partial charge in [0, 0.05) is 16.9 Å². The number of benzene rings is 1. The van der Waals surface area contributed by atoms with Gasteiger partial charge in [0.1, 0.15) is 8.77 Å². The maximum atomic E-state index is 10.5. The van der Waals surface area contributed by atoms with Crippen LogP contribution in [0.2, 0.25) is 0 Å². The van der Waals surface area contributed by atoms with Crippen molar-refractivity contribution in [3.05, 3.63) is 35.9 Å². The van der Waals surface area contributed by atoms with E-state index in [2.05, 4.69) is 64.4 Å². The second-order valence-corrected chi connectivity index (χ2v) is 8.82. The summed E-state index contributed by atoms with van der Waals surface area (Å²) in [7, 11) is -1.47. The van der Waals surface area contributed by atoms with Crippen molar-refractivity contribution >= 4 is 25.9 Å². The second-order valence-electron chi connectivity index (χ2n) is 5.47. The van der Waals surface area contributed by atoms with Crippen LogP contribution in [0.15, 0.2) is 30.3 Å². The van der Waals surface area contributed by atoms with Crippen molar-refractivity contribution in [3.63, 3.8) is 0 Å². The largest absolute Gasteiger partial charge is 1.00 e. The first-order valence-corrected chi connectivity index (χ1v) is 10.9. The number of rotatable bonds is 6. The first-order valence-electron chi connectivity index (χ1n) is 8.35. The molecule has 0 aliphatic rings. The fourth-order valence-corrected chi connectivity index (χ4v) is 1.53. The van der Waals surface area contributed by atoms with E-state index in [1.165, 1.54) is 26.0 Å². The number of hydrogen-bond acceptors (Lipinski definition) is 6. The van der Waals surface area contributed by atoms with E-state index in [1.807, 2.05) is 13.8 Å². The van der Waals surface area contributed by atoms with Crippen LogP contribution in [0.5, 0.6) is 0 Å². The van der Waals surface area contributed by atoms with Gasteiger partial charge in [-0.3, -0.25) is 4.79 Å². The van der Waals surface area contributed by atoms with Gasteiger partial charge in [0.05, 0.1) is 13.0 Å². The smallest absolute Gasteiger partial charge is 0.709 e. The van der Waals surface area contributed by atoms with Crippen molar-refractivity contribution in [1.29, 1.82) is 0 Å². The summed E-state index contributed by atoms with van der Waals surface area (Å²) >= 11 is 4.14. The third-order valence-electron chi connectivity index (χ3n) is 3.65. The number of carbonyl (C=O) groups excluding carboxylic acids is 1. The van der Waals surface area contributed by atoms with E-state index in [4.69, 9.17) is 0 Å². The molecule has 1 aromatic rings. The number of hydrogen-bond donors (Lipinski definition) is 0. The van der Waals surface area contributed by atoms with Gasteiger partial charge in [-0.05, 0) is 24.3 Å². The van der Waals surface area contributed by atoms with E-state index in [9.17, 15) is 14.3 Å². The maximum Gasteiger partial charge on any atom is 1.00 e. The Kier molecular flexibility index (Phi) is 21.7. The monoisotopic (exact) mass is 414 g/mol. The minimum absolute atomic E-state index is 0. The molecular weight excluding hydrogens is 383 g/mol. The standard InChI is InChI=1S/C10H14.C6H12O2.C2H6O3S2.Na/c1-3-9(2)10-7-5-4-6-8-10;1-4-5(2)6(7)8-3;1-2-7(4,6)5-3;/h4-9H,3H2,1-2H3;5H,4H2,1-3H3;3H,2H2,1H3;/q;;;+1/p-1. The summed E-state index contributed by atoms with van der Waals surface area (Å²) in [5.41, 5.74) is 1.45. The SMILES string of the molecule is CCC(C)C(=O)OC.CCC(C)c1ccccc1.CCS(=O)(=S)O[O-].[Na+]. The van der Waals surface area contributed by atoms with Gasteiger partial charge in [-0.2, -0.15) is 0 Å². The molecule has 3 unspecified atom stereocenters. The van der Waals surface area contributed by atoms with E-state index in [-0.39, 0.29) is 47.2 Å². The Labute approximate surface area is 186 Å². The minimum Gasteiger partial charge on any atom is -0.709 e. The Bertz CT molecular complexity index is 540. The Morgan fingerprint density at radius 1 is 1.15 bits per heavy atom. The fourth-order valence-electron chi connectivity index (χ4n) is 1.43. The maximum absolute atomic E-state index is 10.5. The van der Waals surface area contributed by atoms with E-state index >= 15 is 0 Å². The predicted octanol–water partition coefficient (Wildman–Crippen LogP) is 0.369. The van der Waals surface area contributed by atoms with Crippen LogP contribution in [0, 0.1) is 5.92 Å². The molecule has 5 nitrogen and oxygen atoms in total. The van der Waals surface area contributed by atoms with Crippen LogP contribution in [0.1, 0.15) is 58.9 Å². The van der Waals surface area contributed by atoms with E-state index < -0.39 is 8.77 Å². The summed E-state index contributed by atoms with van der Waals surface area (Å²) in [5, 5.41) is 9.30. The number of methoxy groups -OCH3 is 1. The van der Waals surface area contributed by atoms with Gasteiger partial charge in [0.2, 0.25) is 0 Å². The van der Waals surface area contributed by atoms with E-state index in [1.54, 1.807) is 0 Å². The first kappa shape index (κ1) is 30.7. The van der Waals surface area contributed by atoms with Crippen LogP contribution in [0.25, 0.3) is 0 Å². The van der Waals surface area contributed by atoms with Crippen molar-refractivity contribution in [2.45, 2.75) is 53.4 Å². The van der Waals surface area contributed by atoms with Crippen LogP contribution in [0.4, 0.5) is 0 Å². The molecule has 0 N–H and O–H groups in total. The zero-order valence-corrected chi connectivity index (χ0v) is 20.7. The first-order chi connectivity index (χ1) is 11.7. The Morgan fingerprint density at radius 2 is 1.65 bits per heavy atom. The van der Waals surface area contributed by atoms with Gasteiger partial charge in [-0.15, -0.1) is 0 Å². The van der Waals surface area contributed by atoms with Gasteiger partial charge >= 0.3 is 35.5 Å². The van der Waals surface area contributed by atoms with Crippen molar-refractivity contribution in [3.8, 4) is 0 Å². The molecular formula is C18H31NaO5S2. The predicted molar refractivity (Wildman–Crippen MR) is 104 cm³/mol. The molecule has 0 saturated carbocycles. The molecule has 0 heterocycles. The zero-order valence-electron chi connectivity index (χ0n) is 17.0. The van der Waals surface area contributed by atoms with Gasteiger partial charge in [-0.25, -0.2) is 4.21 Å². The number of esters is 1. The molecule has 26 heavy (non-hydrogen) atoms. The number of ether oxygens (including phenoxy) is 1. The molecule has 1 aromatic carbocycles. The molecule has 0 aliphatic heterocycles. The van der Waals surface area contributed by atoms with Crippen molar-refractivity contribution in [1.82, 2.24) is 0 Å². The molecule has 0 radical (unpaired) electrons. The van der Waals surface area contributed by atoms with Crippen molar-refractivity contribution in [2.75, 3.05) is 12.9 Å². The quantitative estimate of drug-likeness (QED) is 0.290. The average molecular weight is 415 g/mol. The van der Waals surface area contributed by atoms with E-state index in [0.717, 1.165) is 6.42 Å². The summed E-state index contributed by atoms with van der Waals surface area (Å²) in [6, 6.07) is 10.6. The van der Waals surface area contributed by atoms with Crippen LogP contribution >= 0.6 is 0 Å². The Morgan fingerprint density at radius 3 is 1.88 bits per heavy atom. The summed E-state index contributed by atoms with van der Waals surface area (Å²) < 4.78 is 17.8. The van der Waals surface area contributed by atoms with Gasteiger partial charge in [-0.1, -0.05) is 65.0 Å². The molecule has 1 rings (SSSR count). The molecule has 0 saturated heterocycles. The molecule has 0 fully saturated rings. The molecule has 0 amide bonds. The van der Waals surface area contributed by atoms with Gasteiger partial charge in [0.15, 0.2) is 0 Å². The normalized spacial score (nSPS) is 14.0. The molecule has 146 valence electrons. The van der Waals surface area contributed by atoms with E-state index in [0.29, 0.717) is 5.92 Å². The van der Waals surface area contributed by atoms with Crippen molar-refractivity contribution in [2.24, 2.45) is 5.92 Å². The zero-order chi connectivity index (χ0) is 19.9.